The number of aromatic nitrogens is 3. The van der Waals surface area contributed by atoms with Crippen molar-refractivity contribution in [2.24, 2.45) is 0 Å². The van der Waals surface area contributed by atoms with Crippen LogP contribution in [-0.4, -0.2) is 32.6 Å². The van der Waals surface area contributed by atoms with Crippen LogP contribution in [0.2, 0.25) is 0 Å². The van der Waals surface area contributed by atoms with Gasteiger partial charge in [0.25, 0.3) is 0 Å². The molecule has 1 amide bonds. The molecule has 1 aliphatic heterocycles. The number of ether oxygens (including phenoxy) is 1. The maximum atomic E-state index is 13.2. The Bertz CT molecular complexity index is 1000. The van der Waals surface area contributed by atoms with Crippen LogP contribution < -0.4 is 15.5 Å². The highest BCUT2D eigenvalue weighted by Gasteiger charge is 2.37. The molecule has 2 aromatic carbocycles. The first kappa shape index (κ1) is 19.3. The van der Waals surface area contributed by atoms with E-state index >= 15 is 0 Å². The second kappa shape index (κ2) is 8.16. The van der Waals surface area contributed by atoms with E-state index in [9.17, 15) is 4.79 Å². The minimum atomic E-state index is -0.402. The highest BCUT2D eigenvalue weighted by atomic mass is 32.2. The number of aryl methyl sites for hydroxylation is 2. The van der Waals surface area contributed by atoms with Crippen molar-refractivity contribution in [1.82, 2.24) is 14.9 Å². The third-order valence-electron chi connectivity index (χ3n) is 4.73. The van der Waals surface area contributed by atoms with Crippen molar-refractivity contribution < 1.29 is 9.53 Å². The monoisotopic (exact) mass is 409 g/mol. The molecular weight excluding hydrogens is 386 g/mol. The molecule has 0 fully saturated rings. The van der Waals surface area contributed by atoms with Crippen molar-refractivity contribution in [3.8, 4) is 5.75 Å². The van der Waals surface area contributed by atoms with Crippen LogP contribution in [0.25, 0.3) is 0 Å². The maximum Gasteiger partial charge on any atom is 0.240 e. The van der Waals surface area contributed by atoms with Gasteiger partial charge in [-0.2, -0.15) is 0 Å². The van der Waals surface area contributed by atoms with Gasteiger partial charge in [0.1, 0.15) is 16.8 Å². The lowest BCUT2D eigenvalue weighted by Crippen LogP contribution is -2.41. The first-order valence-corrected chi connectivity index (χ1v) is 10.4. The summed E-state index contributed by atoms with van der Waals surface area (Å²) in [5.74, 6) is 1.44. The van der Waals surface area contributed by atoms with Gasteiger partial charge in [0.15, 0.2) is 0 Å². The van der Waals surface area contributed by atoms with E-state index < -0.39 is 5.25 Å². The molecule has 1 aromatic heterocycles. The van der Waals surface area contributed by atoms with Crippen molar-refractivity contribution in [2.75, 3.05) is 17.3 Å². The van der Waals surface area contributed by atoms with Crippen LogP contribution in [0.4, 0.5) is 5.69 Å². The first-order chi connectivity index (χ1) is 14.0. The standard InChI is InChI=1S/C21H23N5O2S/c1-4-28-17-11-9-16(10-12-17)22-20(27)19-18(15-7-5-13(2)6-8-15)25-26-14(3)23-24-21(26)29-19/h5-12,18-19,25H,4H2,1-3H3,(H,22,27). The lowest BCUT2D eigenvalue weighted by atomic mass is 10.0. The van der Waals surface area contributed by atoms with Gasteiger partial charge in [0.05, 0.1) is 12.6 Å². The summed E-state index contributed by atoms with van der Waals surface area (Å²) in [5.41, 5.74) is 6.35. The number of anilines is 1. The van der Waals surface area contributed by atoms with E-state index in [1.807, 2.05) is 49.7 Å². The zero-order chi connectivity index (χ0) is 20.4. The van der Waals surface area contributed by atoms with E-state index in [0.717, 1.165) is 22.8 Å². The fraction of sp³-hybridized carbons (Fsp3) is 0.286. The summed E-state index contributed by atoms with van der Waals surface area (Å²) in [6, 6.07) is 15.4. The zero-order valence-corrected chi connectivity index (χ0v) is 17.4. The van der Waals surface area contributed by atoms with Gasteiger partial charge in [-0.05, 0) is 50.6 Å². The molecule has 2 unspecified atom stereocenters. The normalized spacial score (nSPS) is 17.9. The molecule has 0 saturated carbocycles. The largest absolute Gasteiger partial charge is 0.494 e. The van der Waals surface area contributed by atoms with Crippen LogP contribution in [0.15, 0.2) is 53.7 Å². The number of carbonyl (C=O) groups excluding carboxylic acids is 1. The minimum Gasteiger partial charge on any atom is -0.494 e. The van der Waals surface area contributed by atoms with Gasteiger partial charge in [-0.25, -0.2) is 4.68 Å². The number of thioether (sulfide) groups is 1. The summed E-state index contributed by atoms with van der Waals surface area (Å²) in [4.78, 5) is 13.2. The lowest BCUT2D eigenvalue weighted by Gasteiger charge is -2.32. The van der Waals surface area contributed by atoms with E-state index in [4.69, 9.17) is 4.74 Å². The Hall–Kier alpha value is -3.00. The quantitative estimate of drug-likeness (QED) is 0.669. The van der Waals surface area contributed by atoms with Crippen LogP contribution in [0.3, 0.4) is 0 Å². The predicted molar refractivity (Wildman–Crippen MR) is 114 cm³/mol. The summed E-state index contributed by atoms with van der Waals surface area (Å²) in [6.07, 6.45) is 0. The highest BCUT2D eigenvalue weighted by Crippen LogP contribution is 2.37. The second-order valence-corrected chi connectivity index (χ2v) is 7.98. The molecule has 3 aromatic rings. The number of fused-ring (bicyclic) bond motifs is 1. The predicted octanol–water partition coefficient (Wildman–Crippen LogP) is 3.69. The summed E-state index contributed by atoms with van der Waals surface area (Å²) >= 11 is 1.41. The van der Waals surface area contributed by atoms with Gasteiger partial charge < -0.3 is 15.5 Å². The number of amides is 1. The number of rotatable bonds is 5. The van der Waals surface area contributed by atoms with Crippen LogP contribution in [0.1, 0.15) is 29.9 Å². The summed E-state index contributed by atoms with van der Waals surface area (Å²) in [7, 11) is 0. The molecule has 4 rings (SSSR count). The van der Waals surface area contributed by atoms with Crippen LogP contribution in [0, 0.1) is 13.8 Å². The van der Waals surface area contributed by atoms with Crippen molar-refractivity contribution in [3.63, 3.8) is 0 Å². The number of carbonyl (C=O) groups is 1. The van der Waals surface area contributed by atoms with Crippen molar-refractivity contribution >= 4 is 23.4 Å². The van der Waals surface area contributed by atoms with E-state index in [-0.39, 0.29) is 11.9 Å². The smallest absolute Gasteiger partial charge is 0.240 e. The van der Waals surface area contributed by atoms with E-state index in [1.54, 1.807) is 0 Å². The minimum absolute atomic E-state index is 0.0934. The molecule has 0 bridgehead atoms. The molecule has 2 heterocycles. The number of nitrogens with zero attached hydrogens (tertiary/aromatic N) is 3. The molecule has 0 saturated heterocycles. The van der Waals surface area contributed by atoms with Crippen LogP contribution >= 0.6 is 11.8 Å². The Kier molecular flexibility index (Phi) is 5.44. The molecular formula is C21H23N5O2S. The molecule has 29 heavy (non-hydrogen) atoms. The summed E-state index contributed by atoms with van der Waals surface area (Å²) in [5, 5.41) is 11.6. The van der Waals surface area contributed by atoms with Gasteiger partial charge in [0, 0.05) is 5.69 Å². The zero-order valence-electron chi connectivity index (χ0n) is 16.5. The molecule has 1 aliphatic rings. The topological polar surface area (TPSA) is 81.1 Å². The van der Waals surface area contributed by atoms with E-state index in [2.05, 4.69) is 45.2 Å². The third kappa shape index (κ3) is 4.07. The lowest BCUT2D eigenvalue weighted by molar-refractivity contribution is -0.116. The van der Waals surface area contributed by atoms with Crippen molar-refractivity contribution in [3.05, 3.63) is 65.5 Å². The Morgan fingerprint density at radius 1 is 1.14 bits per heavy atom. The number of hydrogen-bond donors (Lipinski definition) is 2. The SMILES string of the molecule is CCOc1ccc(NC(=O)C2Sc3nnc(C)n3NC2c2ccc(C)cc2)cc1. The second-order valence-electron chi connectivity index (χ2n) is 6.87. The van der Waals surface area contributed by atoms with Gasteiger partial charge in [-0.3, -0.25) is 4.79 Å². The summed E-state index contributed by atoms with van der Waals surface area (Å²) in [6.45, 7) is 6.48. The maximum absolute atomic E-state index is 13.2. The summed E-state index contributed by atoms with van der Waals surface area (Å²) < 4.78 is 7.31. The molecule has 0 aliphatic carbocycles. The van der Waals surface area contributed by atoms with Gasteiger partial charge in [0.2, 0.25) is 11.1 Å². The highest BCUT2D eigenvalue weighted by molar-refractivity contribution is 8.00. The average Bonchev–Trinajstić information content (AvgIpc) is 3.09. The molecule has 2 N–H and O–H groups in total. The number of nitrogens with one attached hydrogen (secondary N) is 2. The molecule has 0 radical (unpaired) electrons. The average molecular weight is 410 g/mol. The molecule has 0 spiro atoms. The third-order valence-corrected chi connectivity index (χ3v) is 5.94. The van der Waals surface area contributed by atoms with E-state index in [1.165, 1.54) is 17.3 Å². The Labute approximate surface area is 173 Å². The Balaban J connectivity index is 1.59. The fourth-order valence-corrected chi connectivity index (χ4v) is 4.32. The molecule has 8 heteroatoms. The molecule has 2 atom stereocenters. The molecule has 150 valence electrons. The van der Waals surface area contributed by atoms with Crippen molar-refractivity contribution in [2.45, 2.75) is 37.2 Å². The van der Waals surface area contributed by atoms with Gasteiger partial charge in [-0.15, -0.1) is 10.2 Å². The van der Waals surface area contributed by atoms with Crippen molar-refractivity contribution in [1.29, 1.82) is 0 Å². The van der Waals surface area contributed by atoms with E-state index in [0.29, 0.717) is 11.8 Å². The Morgan fingerprint density at radius 3 is 2.55 bits per heavy atom. The first-order valence-electron chi connectivity index (χ1n) is 9.50. The Morgan fingerprint density at radius 2 is 1.86 bits per heavy atom. The number of hydrogen-bond acceptors (Lipinski definition) is 6. The van der Waals surface area contributed by atoms with Crippen LogP contribution in [-0.2, 0) is 4.79 Å². The fourth-order valence-electron chi connectivity index (χ4n) is 3.20. The van der Waals surface area contributed by atoms with Gasteiger partial charge in [-0.1, -0.05) is 41.6 Å². The van der Waals surface area contributed by atoms with Crippen LogP contribution in [0.5, 0.6) is 5.75 Å². The molecule has 7 nitrogen and oxygen atoms in total. The van der Waals surface area contributed by atoms with Gasteiger partial charge >= 0.3 is 0 Å². The number of benzene rings is 2.